The van der Waals surface area contributed by atoms with Gasteiger partial charge in [-0.2, -0.15) is 10.3 Å². The lowest BCUT2D eigenvalue weighted by Gasteiger charge is -2.09. The molecular weight excluding hydrogens is 218 g/mol. The van der Waals surface area contributed by atoms with Gasteiger partial charge in [0.05, 0.1) is 5.29 Å². The Morgan fingerprint density at radius 1 is 1.56 bits per heavy atom. The van der Waals surface area contributed by atoms with E-state index >= 15 is 0 Å². The molecule has 0 atom stereocenters. The summed E-state index contributed by atoms with van der Waals surface area (Å²) in [6.07, 6.45) is 0. The first kappa shape index (κ1) is 13.5. The minimum absolute atomic E-state index is 0.00802. The largest absolute Gasteiger partial charge is 0.398 e. The molecular formula is C7H9N5O4. The molecule has 0 unspecified atom stereocenters. The van der Waals surface area contributed by atoms with Gasteiger partial charge in [0.2, 0.25) is 5.71 Å². The smallest absolute Gasteiger partial charge is 0.347 e. The lowest BCUT2D eigenvalue weighted by atomic mass is 10.4. The number of urea groups is 1. The maximum atomic E-state index is 11.2. The SMILES string of the molecule is CCN(N=O)C(=O)NC(=O)/C(C#N)=N\OC. The first-order chi connectivity index (χ1) is 7.60. The Balaban J connectivity index is 4.57. The number of nitriles is 1. The number of nitrogens with zero attached hydrogens (tertiary/aromatic N) is 4. The van der Waals surface area contributed by atoms with Crippen LogP contribution >= 0.6 is 0 Å². The van der Waals surface area contributed by atoms with E-state index in [1.807, 2.05) is 0 Å². The van der Waals surface area contributed by atoms with E-state index in [1.165, 1.54) is 13.0 Å². The number of hydrogen-bond donors (Lipinski definition) is 1. The number of imide groups is 1. The molecule has 0 fully saturated rings. The van der Waals surface area contributed by atoms with E-state index in [1.54, 1.807) is 5.32 Å². The summed E-state index contributed by atoms with van der Waals surface area (Å²) in [5, 5.41) is 16.1. The molecule has 0 aromatic heterocycles. The minimum atomic E-state index is -1.07. The molecule has 0 saturated heterocycles. The van der Waals surface area contributed by atoms with Gasteiger partial charge in [-0.25, -0.2) is 4.79 Å². The van der Waals surface area contributed by atoms with Gasteiger partial charge >= 0.3 is 6.03 Å². The van der Waals surface area contributed by atoms with Gasteiger partial charge in [0.1, 0.15) is 13.2 Å². The average molecular weight is 227 g/mol. The van der Waals surface area contributed by atoms with E-state index in [-0.39, 0.29) is 6.54 Å². The molecule has 0 heterocycles. The zero-order valence-electron chi connectivity index (χ0n) is 8.63. The average Bonchev–Trinajstić information content (AvgIpc) is 2.27. The number of carbonyl (C=O) groups excluding carboxylic acids is 2. The van der Waals surface area contributed by atoms with Gasteiger partial charge in [-0.3, -0.25) is 10.1 Å². The third-order valence-electron chi connectivity index (χ3n) is 1.36. The van der Waals surface area contributed by atoms with Crippen molar-refractivity contribution in [2.45, 2.75) is 6.92 Å². The molecule has 0 aromatic carbocycles. The fraction of sp³-hybridized carbons (Fsp3) is 0.429. The van der Waals surface area contributed by atoms with Gasteiger partial charge < -0.3 is 4.84 Å². The normalized spacial score (nSPS) is 9.94. The molecule has 1 N–H and O–H groups in total. The predicted molar refractivity (Wildman–Crippen MR) is 51.8 cm³/mol. The van der Waals surface area contributed by atoms with Crippen LogP contribution in [0.15, 0.2) is 10.4 Å². The van der Waals surface area contributed by atoms with Crippen LogP contribution in [0.5, 0.6) is 0 Å². The van der Waals surface area contributed by atoms with Crippen molar-refractivity contribution in [3.63, 3.8) is 0 Å². The van der Waals surface area contributed by atoms with Gasteiger partial charge in [-0.05, 0) is 6.92 Å². The minimum Gasteiger partial charge on any atom is -0.398 e. The molecule has 3 amide bonds. The number of hydrogen-bond acceptors (Lipinski definition) is 7. The lowest BCUT2D eigenvalue weighted by molar-refractivity contribution is -0.114. The van der Waals surface area contributed by atoms with Gasteiger partial charge in [0.15, 0.2) is 0 Å². The van der Waals surface area contributed by atoms with Gasteiger partial charge in [-0.15, -0.1) is 4.91 Å². The van der Waals surface area contributed by atoms with E-state index < -0.39 is 17.6 Å². The molecule has 9 nitrogen and oxygen atoms in total. The first-order valence-electron chi connectivity index (χ1n) is 4.08. The standard InChI is InChI=1S/C7H9N5O4/c1-3-12(11-15)7(14)9-6(13)5(4-8)10-16-2/h3H2,1-2H3,(H,9,13,14)/b10-5-. The summed E-state index contributed by atoms with van der Waals surface area (Å²) in [7, 11) is 1.14. The molecule has 0 aliphatic rings. The highest BCUT2D eigenvalue weighted by Crippen LogP contribution is 1.89. The van der Waals surface area contributed by atoms with Crippen molar-refractivity contribution in [2.75, 3.05) is 13.7 Å². The van der Waals surface area contributed by atoms with Crippen molar-refractivity contribution >= 4 is 17.6 Å². The second-order valence-corrected chi connectivity index (χ2v) is 2.29. The summed E-state index contributed by atoms with van der Waals surface area (Å²) in [6, 6.07) is 0.376. The predicted octanol–water partition coefficient (Wildman–Crippen LogP) is -0.248. The Bertz CT molecular complexity index is 358. The number of carbonyl (C=O) groups is 2. The number of nitroso groups, excluding NO2 is 1. The summed E-state index contributed by atoms with van der Waals surface area (Å²) in [6.45, 7) is 1.48. The number of nitrogens with one attached hydrogen (secondary N) is 1. The van der Waals surface area contributed by atoms with Crippen molar-refractivity contribution in [2.24, 2.45) is 10.4 Å². The topological polar surface area (TPSA) is 124 Å². The Morgan fingerprint density at radius 3 is 2.56 bits per heavy atom. The van der Waals surface area contributed by atoms with Crippen LogP contribution in [-0.4, -0.2) is 36.3 Å². The molecule has 0 aliphatic carbocycles. The molecule has 0 aliphatic heterocycles. The highest BCUT2D eigenvalue weighted by molar-refractivity contribution is 6.46. The highest BCUT2D eigenvalue weighted by atomic mass is 16.6. The zero-order chi connectivity index (χ0) is 12.6. The molecule has 9 heteroatoms. The zero-order valence-corrected chi connectivity index (χ0v) is 8.63. The summed E-state index contributed by atoms with van der Waals surface area (Å²) >= 11 is 0. The lowest BCUT2D eigenvalue weighted by Crippen LogP contribution is -2.42. The van der Waals surface area contributed by atoms with Crippen LogP contribution in [0.3, 0.4) is 0 Å². The van der Waals surface area contributed by atoms with Crippen LogP contribution in [0.2, 0.25) is 0 Å². The summed E-state index contributed by atoms with van der Waals surface area (Å²) < 4.78 is 0. The molecule has 0 radical (unpaired) electrons. The van der Waals surface area contributed by atoms with Crippen molar-refractivity contribution < 1.29 is 14.4 Å². The van der Waals surface area contributed by atoms with E-state index in [4.69, 9.17) is 5.26 Å². The van der Waals surface area contributed by atoms with Gasteiger partial charge in [0.25, 0.3) is 5.91 Å². The first-order valence-corrected chi connectivity index (χ1v) is 4.08. The monoisotopic (exact) mass is 227 g/mol. The molecule has 0 saturated carbocycles. The van der Waals surface area contributed by atoms with E-state index in [9.17, 15) is 14.5 Å². The van der Waals surface area contributed by atoms with E-state index in [0.717, 1.165) is 7.11 Å². The van der Waals surface area contributed by atoms with Crippen molar-refractivity contribution in [3.8, 4) is 6.07 Å². The maximum Gasteiger partial charge on any atom is 0.347 e. The third kappa shape index (κ3) is 3.70. The molecule has 0 spiro atoms. The fourth-order valence-electron chi connectivity index (χ4n) is 0.663. The van der Waals surface area contributed by atoms with Gasteiger partial charge in [-0.1, -0.05) is 5.16 Å². The van der Waals surface area contributed by atoms with Crippen molar-refractivity contribution in [1.82, 2.24) is 10.3 Å². The van der Waals surface area contributed by atoms with Crippen LogP contribution in [0.1, 0.15) is 6.92 Å². The number of amides is 3. The quantitative estimate of drug-likeness (QED) is 0.403. The fourth-order valence-corrected chi connectivity index (χ4v) is 0.663. The molecule has 0 aromatic rings. The Labute approximate surface area is 90.6 Å². The van der Waals surface area contributed by atoms with Crippen LogP contribution in [-0.2, 0) is 9.63 Å². The van der Waals surface area contributed by atoms with Crippen LogP contribution in [0.4, 0.5) is 4.79 Å². The second-order valence-electron chi connectivity index (χ2n) is 2.29. The Hall–Kier alpha value is -2.50. The summed E-state index contributed by atoms with van der Waals surface area (Å²) in [5.74, 6) is -1.07. The number of oxime groups is 1. The Kier molecular flexibility index (Phi) is 5.81. The maximum absolute atomic E-state index is 11.2. The summed E-state index contributed by atoms with van der Waals surface area (Å²) in [4.78, 5) is 36.6. The third-order valence-corrected chi connectivity index (χ3v) is 1.36. The van der Waals surface area contributed by atoms with E-state index in [0.29, 0.717) is 5.01 Å². The van der Waals surface area contributed by atoms with Crippen molar-refractivity contribution in [3.05, 3.63) is 4.91 Å². The molecule has 0 rings (SSSR count). The van der Waals surface area contributed by atoms with Crippen molar-refractivity contribution in [1.29, 1.82) is 5.26 Å². The highest BCUT2D eigenvalue weighted by Gasteiger charge is 2.19. The van der Waals surface area contributed by atoms with Gasteiger partial charge in [0, 0.05) is 6.54 Å². The number of rotatable bonds is 4. The van der Waals surface area contributed by atoms with Crippen LogP contribution in [0, 0.1) is 16.2 Å². The van der Waals surface area contributed by atoms with Crippen LogP contribution < -0.4 is 5.32 Å². The molecule has 86 valence electrons. The van der Waals surface area contributed by atoms with E-state index in [2.05, 4.69) is 15.3 Å². The summed E-state index contributed by atoms with van der Waals surface area (Å²) in [5.41, 5.74) is -0.641. The second kappa shape index (κ2) is 6.88. The van der Waals surface area contributed by atoms with Crippen LogP contribution in [0.25, 0.3) is 0 Å². The Morgan fingerprint density at radius 2 is 2.19 bits per heavy atom. The molecule has 0 bridgehead atoms. The molecule has 16 heavy (non-hydrogen) atoms.